The summed E-state index contributed by atoms with van der Waals surface area (Å²) in [5.41, 5.74) is 10.0. The van der Waals surface area contributed by atoms with Gasteiger partial charge in [0.1, 0.15) is 30.4 Å². The third-order valence-corrected chi connectivity index (χ3v) is 13.3. The van der Waals surface area contributed by atoms with Gasteiger partial charge in [0.15, 0.2) is 12.5 Å². The zero-order valence-corrected chi connectivity index (χ0v) is 36.3. The van der Waals surface area contributed by atoms with Gasteiger partial charge in [-0.15, -0.1) is 22.7 Å². The number of hydrogen-bond acceptors (Lipinski definition) is 7. The molecule has 4 heterocycles. The Kier molecular flexibility index (Phi) is 11.5. The van der Waals surface area contributed by atoms with Crippen molar-refractivity contribution in [3.63, 3.8) is 0 Å². The van der Waals surface area contributed by atoms with Gasteiger partial charge in [0.25, 0.3) is 0 Å². The van der Waals surface area contributed by atoms with Crippen LogP contribution in [0.15, 0.2) is 156 Å². The van der Waals surface area contributed by atoms with Crippen molar-refractivity contribution >= 4 is 66.3 Å². The van der Waals surface area contributed by atoms with E-state index >= 15 is 0 Å². The normalized spacial score (nSPS) is 11.6. The Labute approximate surface area is 368 Å². The Hall–Kier alpha value is -6.36. The zero-order valence-electron chi connectivity index (χ0n) is 34.7. The average Bonchev–Trinajstić information content (AvgIpc) is 4.09. The number of aromatic nitrogens is 2. The minimum Gasteiger partial charge on any atom is -0.489 e. The lowest BCUT2D eigenvalue weighted by Crippen LogP contribution is -2.10. The number of para-hydroxylation sites is 6. The topological polar surface area (TPSA) is 56.0 Å². The molecule has 0 radical (unpaired) electrons. The van der Waals surface area contributed by atoms with E-state index in [4.69, 9.17) is 23.7 Å². The highest BCUT2D eigenvalue weighted by molar-refractivity contribution is 7.14. The van der Waals surface area contributed by atoms with Gasteiger partial charge in [-0.3, -0.25) is 0 Å². The lowest BCUT2D eigenvalue weighted by Gasteiger charge is -2.16. The van der Waals surface area contributed by atoms with E-state index in [0.717, 1.165) is 56.4 Å². The first-order chi connectivity index (χ1) is 30.7. The minimum atomic E-state index is 0.137. The molecule has 0 fully saturated rings. The lowest BCUT2D eigenvalue weighted by molar-refractivity contribution is 0.0230. The van der Waals surface area contributed by atoms with E-state index in [0.29, 0.717) is 33.0 Å². The highest BCUT2D eigenvalue weighted by Crippen LogP contribution is 2.48. The van der Waals surface area contributed by atoms with Gasteiger partial charge in [0.05, 0.1) is 39.2 Å². The summed E-state index contributed by atoms with van der Waals surface area (Å²) in [6, 6.07) is 50.9. The van der Waals surface area contributed by atoms with E-state index < -0.39 is 0 Å². The van der Waals surface area contributed by atoms with Crippen LogP contribution in [0.4, 0.5) is 0 Å². The molecular weight excluding hydrogens is 809 g/mol. The van der Waals surface area contributed by atoms with Crippen molar-refractivity contribution in [3.8, 4) is 49.5 Å². The molecule has 6 aromatic carbocycles. The highest BCUT2D eigenvalue weighted by Gasteiger charge is 2.24. The van der Waals surface area contributed by atoms with E-state index in [1.54, 1.807) is 22.7 Å². The fourth-order valence-electron chi connectivity index (χ4n) is 8.58. The second-order valence-electron chi connectivity index (χ2n) is 14.8. The van der Waals surface area contributed by atoms with Crippen LogP contribution in [0.25, 0.3) is 75.9 Å². The Bertz CT molecular complexity index is 2840. The van der Waals surface area contributed by atoms with Crippen molar-refractivity contribution in [2.24, 2.45) is 0 Å². The Balaban J connectivity index is 0.940. The van der Waals surface area contributed by atoms with Crippen LogP contribution in [0.1, 0.15) is 19.4 Å². The van der Waals surface area contributed by atoms with Crippen LogP contribution in [0.3, 0.4) is 0 Å². The molecule has 0 amide bonds. The maximum Gasteiger partial charge on any atom is 0.189 e. The summed E-state index contributed by atoms with van der Waals surface area (Å²) in [6.07, 6.45) is 0.772. The minimum absolute atomic E-state index is 0.137. The summed E-state index contributed by atoms with van der Waals surface area (Å²) in [4.78, 5) is 2.15. The lowest BCUT2D eigenvalue weighted by atomic mass is 10.0. The molecule has 0 atom stereocenters. The third kappa shape index (κ3) is 7.31. The molecule has 0 aliphatic carbocycles. The number of fused-ring (bicyclic) bond motifs is 6. The summed E-state index contributed by atoms with van der Waals surface area (Å²) >= 11 is 3.39. The number of nitrogens with zero attached hydrogens (tertiary/aromatic N) is 2. The molecule has 310 valence electrons. The molecule has 0 bridgehead atoms. The molecule has 0 unspecified atom stereocenters. The summed E-state index contributed by atoms with van der Waals surface area (Å²) in [6.45, 7) is 6.71. The molecule has 0 saturated heterocycles. The first-order valence-electron chi connectivity index (χ1n) is 21.2. The summed E-state index contributed by atoms with van der Waals surface area (Å²) in [5.74, 6) is 2.33. The predicted octanol–water partition coefficient (Wildman–Crippen LogP) is 13.7. The monoisotopic (exact) mass is 854 g/mol. The van der Waals surface area contributed by atoms with Crippen LogP contribution in [0, 0.1) is 0 Å². The van der Waals surface area contributed by atoms with Gasteiger partial charge in [-0.2, -0.15) is 0 Å². The number of hydrogen-bond donors (Lipinski definition) is 0. The molecular formula is C53H46N2O5S2. The van der Waals surface area contributed by atoms with Gasteiger partial charge in [-0.25, -0.2) is 0 Å². The van der Waals surface area contributed by atoms with Gasteiger partial charge in [0.2, 0.25) is 0 Å². The Morgan fingerprint density at radius 2 is 0.871 bits per heavy atom. The van der Waals surface area contributed by atoms with E-state index in [9.17, 15) is 0 Å². The Morgan fingerprint density at radius 1 is 0.435 bits per heavy atom. The van der Waals surface area contributed by atoms with Crippen LogP contribution in [-0.2, 0) is 15.9 Å². The van der Waals surface area contributed by atoms with E-state index in [1.807, 2.05) is 38.1 Å². The van der Waals surface area contributed by atoms with Crippen LogP contribution in [-0.4, -0.2) is 49.0 Å². The fourth-order valence-corrected chi connectivity index (χ4v) is 10.7. The highest BCUT2D eigenvalue weighted by atomic mass is 32.1. The molecule has 0 aliphatic heterocycles. The smallest absolute Gasteiger partial charge is 0.189 e. The van der Waals surface area contributed by atoms with Crippen molar-refractivity contribution in [2.75, 3.05) is 39.8 Å². The predicted molar refractivity (Wildman–Crippen MR) is 256 cm³/mol. The molecule has 10 rings (SSSR count). The molecule has 0 saturated carbocycles. The van der Waals surface area contributed by atoms with Crippen molar-refractivity contribution in [1.82, 2.24) is 9.13 Å². The number of benzene rings is 6. The van der Waals surface area contributed by atoms with Gasteiger partial charge in [-0.05, 0) is 74.4 Å². The maximum atomic E-state index is 6.61. The Morgan fingerprint density at radius 3 is 1.40 bits per heavy atom. The van der Waals surface area contributed by atoms with Crippen molar-refractivity contribution < 1.29 is 23.7 Å². The quantitative estimate of drug-likeness (QED) is 0.0674. The second-order valence-corrected chi connectivity index (χ2v) is 16.6. The van der Waals surface area contributed by atoms with E-state index in [1.165, 1.54) is 48.7 Å². The number of ether oxygens (including phenoxy) is 5. The first kappa shape index (κ1) is 39.8. The van der Waals surface area contributed by atoms with E-state index in [-0.39, 0.29) is 6.79 Å². The van der Waals surface area contributed by atoms with Crippen molar-refractivity contribution in [1.29, 1.82) is 0 Å². The molecule has 62 heavy (non-hydrogen) atoms. The molecule has 0 N–H and O–H groups in total. The number of thiophene rings is 2. The van der Waals surface area contributed by atoms with Gasteiger partial charge >= 0.3 is 0 Å². The van der Waals surface area contributed by atoms with Crippen LogP contribution >= 0.6 is 22.7 Å². The SMILES string of the molecule is CCOCCc1c(-n2c3ccccc3c3ccccc32)csc1-c1ccccc1OCCOc1ccccc1-c1scc(-n2c3ccccc3c3ccccc32)c1OCOCC. The standard InChI is InChI=1S/C53H46N2O5S2/c1-3-56-30-29-40-47(54-43-23-11-5-17-36(43)37-18-6-12-24-44(37)54)33-61-52(40)41-21-9-15-27-49(41)58-31-32-59-50-28-16-10-22-42(50)53-51(60-35-57-4-2)48(34-62-53)55-45-25-13-7-19-38(45)39-20-8-14-26-46(39)55/h5-28,33-34H,3-4,29-32,35H2,1-2H3. The van der Waals surface area contributed by atoms with Gasteiger partial charge < -0.3 is 32.8 Å². The van der Waals surface area contributed by atoms with Crippen LogP contribution in [0.2, 0.25) is 0 Å². The second kappa shape index (κ2) is 17.9. The molecule has 10 aromatic rings. The van der Waals surface area contributed by atoms with Gasteiger partial charge in [-0.1, -0.05) is 97.1 Å². The van der Waals surface area contributed by atoms with Crippen LogP contribution < -0.4 is 14.2 Å². The molecule has 0 spiro atoms. The summed E-state index contributed by atoms with van der Waals surface area (Å²) in [7, 11) is 0. The maximum absolute atomic E-state index is 6.61. The summed E-state index contributed by atoms with van der Waals surface area (Å²) in [5, 5.41) is 9.34. The van der Waals surface area contributed by atoms with Crippen LogP contribution in [0.5, 0.6) is 17.2 Å². The van der Waals surface area contributed by atoms with Crippen molar-refractivity contribution in [2.45, 2.75) is 20.3 Å². The van der Waals surface area contributed by atoms with E-state index in [2.05, 4.69) is 141 Å². The zero-order chi connectivity index (χ0) is 41.8. The largest absolute Gasteiger partial charge is 0.489 e. The third-order valence-electron chi connectivity index (χ3n) is 11.3. The molecule has 9 heteroatoms. The molecule has 0 aliphatic rings. The summed E-state index contributed by atoms with van der Waals surface area (Å²) < 4.78 is 36.1. The fraction of sp³-hybridized carbons (Fsp3) is 0.170. The van der Waals surface area contributed by atoms with Gasteiger partial charge in [0, 0.05) is 61.5 Å². The number of rotatable bonds is 17. The average molecular weight is 855 g/mol. The van der Waals surface area contributed by atoms with Crippen molar-refractivity contribution in [3.05, 3.63) is 162 Å². The first-order valence-corrected chi connectivity index (χ1v) is 22.9. The molecule has 7 nitrogen and oxygen atoms in total. The molecule has 4 aromatic heterocycles.